The van der Waals surface area contributed by atoms with Gasteiger partial charge in [0.25, 0.3) is 5.91 Å². The Morgan fingerprint density at radius 3 is 2.76 bits per heavy atom. The standard InChI is InChI=1S/C36H43ClN4O4S/c1-23-8-6-17-36(38-4,39-25(3)42)31-13-10-28(31)20-41-21-35(16-7-9-26-18-29(37)12-14-30(26)35)22-45-33-15-11-27(19-32(33)41)34(43)40-46(5,44)24(23)2/h6,11-12,14-15,17-19,23-24,28,31H,5,7-10,13,16,20-22H2,1-3H3,(H,39,42)(H,40,43,44)/b17-6+/t23-,24+,28-,31+,35-,36+,46?/m0/s1. The summed E-state index contributed by atoms with van der Waals surface area (Å²) in [5.74, 6) is 3.86. The van der Waals surface area contributed by atoms with Crippen LogP contribution in [0.1, 0.15) is 74.4 Å². The largest absolute Gasteiger partial charge is 0.490 e. The molecule has 10 heteroatoms. The van der Waals surface area contributed by atoms with E-state index >= 15 is 0 Å². The molecular weight excluding hydrogens is 620 g/mol. The van der Waals surface area contributed by atoms with Crippen LogP contribution in [-0.4, -0.2) is 52.5 Å². The fraction of sp³-hybridized carbons (Fsp3) is 0.500. The quantitative estimate of drug-likeness (QED) is 0.224. The summed E-state index contributed by atoms with van der Waals surface area (Å²) in [6, 6.07) is 11.6. The maximum Gasteiger partial charge on any atom is 0.329 e. The fourth-order valence-corrected chi connectivity index (χ4v) is 9.61. The lowest BCUT2D eigenvalue weighted by molar-refractivity contribution is -0.121. The average Bonchev–Trinajstić information content (AvgIpc) is 3.14. The van der Waals surface area contributed by atoms with Gasteiger partial charge in [-0.3, -0.25) is 24.5 Å². The van der Waals surface area contributed by atoms with Crippen LogP contribution in [0.25, 0.3) is 4.85 Å². The summed E-state index contributed by atoms with van der Waals surface area (Å²) in [5, 5.41) is 3.30. The molecule has 2 aliphatic heterocycles. The molecule has 244 valence electrons. The number of nitrogens with one attached hydrogen (secondary N) is 2. The van der Waals surface area contributed by atoms with Gasteiger partial charge in [-0.25, -0.2) is 10.8 Å². The molecule has 2 bridgehead atoms. The van der Waals surface area contributed by atoms with E-state index in [1.807, 2.05) is 44.2 Å². The number of amides is 2. The number of nitrogens with zero attached hydrogens (tertiary/aromatic N) is 2. The predicted octanol–water partition coefficient (Wildman–Crippen LogP) is 5.94. The number of anilines is 1. The monoisotopic (exact) mass is 662 g/mol. The van der Waals surface area contributed by atoms with Crippen molar-refractivity contribution >= 4 is 44.7 Å². The molecule has 8 nitrogen and oxygen atoms in total. The smallest absolute Gasteiger partial charge is 0.329 e. The van der Waals surface area contributed by atoms with Crippen LogP contribution in [0.4, 0.5) is 5.69 Å². The Kier molecular flexibility index (Phi) is 8.66. The van der Waals surface area contributed by atoms with E-state index in [2.05, 4.69) is 37.8 Å². The molecule has 6 rings (SSSR count). The molecule has 4 aliphatic rings. The van der Waals surface area contributed by atoms with E-state index in [-0.39, 0.29) is 29.1 Å². The summed E-state index contributed by atoms with van der Waals surface area (Å²) in [7, 11) is -3.02. The molecule has 1 saturated carbocycles. The van der Waals surface area contributed by atoms with E-state index < -0.39 is 26.5 Å². The Labute approximate surface area is 277 Å². The van der Waals surface area contributed by atoms with Crippen molar-refractivity contribution in [3.8, 4) is 5.75 Å². The Balaban J connectivity index is 1.47. The fourth-order valence-electron chi connectivity index (χ4n) is 7.93. The van der Waals surface area contributed by atoms with Gasteiger partial charge in [-0.1, -0.05) is 30.7 Å². The summed E-state index contributed by atoms with van der Waals surface area (Å²) < 4.78 is 23.1. The molecule has 2 aromatic rings. The van der Waals surface area contributed by atoms with Crippen molar-refractivity contribution in [3.63, 3.8) is 0 Å². The Morgan fingerprint density at radius 1 is 1.24 bits per heavy atom. The minimum absolute atomic E-state index is 0.102. The highest BCUT2D eigenvalue weighted by atomic mass is 35.5. The maximum atomic E-state index is 13.8. The SMILES string of the molecule is [C-]#[N+][C@@]1(NC(C)=O)/C=C/C[C@H](C)[C@@H](C)S(=C)(=O)NC(=O)c2ccc3c(c2)N(C[C@@H]2CC[C@H]21)C[C@@]1(CCCc2cc(Cl)ccc21)CO3. The first kappa shape index (κ1) is 32.5. The van der Waals surface area contributed by atoms with Gasteiger partial charge in [-0.05, 0) is 105 Å². The van der Waals surface area contributed by atoms with E-state index in [0.717, 1.165) is 42.8 Å². The number of fused-ring (bicyclic) bond motifs is 4. The second kappa shape index (κ2) is 12.3. The van der Waals surface area contributed by atoms with Crippen molar-refractivity contribution in [1.29, 1.82) is 0 Å². The van der Waals surface area contributed by atoms with Gasteiger partial charge in [0.15, 0.2) is 0 Å². The zero-order valence-electron chi connectivity index (χ0n) is 26.8. The summed E-state index contributed by atoms with van der Waals surface area (Å²) in [6.07, 6.45) is 8.91. The molecule has 1 fully saturated rings. The molecule has 0 saturated heterocycles. The molecule has 7 atom stereocenters. The number of hydrogen-bond donors (Lipinski definition) is 2. The third kappa shape index (κ3) is 5.91. The van der Waals surface area contributed by atoms with Crippen molar-refractivity contribution in [1.82, 2.24) is 10.0 Å². The number of ether oxygens (including phenoxy) is 1. The topological polar surface area (TPSA) is 92.1 Å². The second-order valence-corrected chi connectivity index (χ2v) is 16.7. The van der Waals surface area contributed by atoms with Crippen LogP contribution in [0.5, 0.6) is 5.75 Å². The normalized spacial score (nSPS) is 34.8. The van der Waals surface area contributed by atoms with Crippen LogP contribution in [0.15, 0.2) is 48.6 Å². The van der Waals surface area contributed by atoms with Gasteiger partial charge in [0, 0.05) is 47.3 Å². The zero-order valence-corrected chi connectivity index (χ0v) is 28.4. The summed E-state index contributed by atoms with van der Waals surface area (Å²) in [5.41, 5.74) is 2.17. The van der Waals surface area contributed by atoms with Gasteiger partial charge in [0.1, 0.15) is 5.75 Å². The van der Waals surface area contributed by atoms with Crippen molar-refractivity contribution in [3.05, 3.63) is 81.7 Å². The van der Waals surface area contributed by atoms with Crippen molar-refractivity contribution < 1.29 is 18.5 Å². The van der Waals surface area contributed by atoms with Crippen LogP contribution < -0.4 is 19.7 Å². The van der Waals surface area contributed by atoms with E-state index in [9.17, 15) is 13.8 Å². The zero-order chi connectivity index (χ0) is 32.9. The number of carbonyl (C=O) groups excluding carboxylic acids is 2. The average molecular weight is 663 g/mol. The van der Waals surface area contributed by atoms with Gasteiger partial charge >= 0.3 is 5.66 Å². The molecular formula is C36H43ClN4O4S. The third-order valence-corrected chi connectivity index (χ3v) is 13.3. The highest BCUT2D eigenvalue weighted by Gasteiger charge is 2.54. The summed E-state index contributed by atoms with van der Waals surface area (Å²) >= 11 is 6.43. The number of benzene rings is 2. The first-order valence-electron chi connectivity index (χ1n) is 16.2. The lowest BCUT2D eigenvalue weighted by atomic mass is 9.65. The molecule has 2 heterocycles. The number of carbonyl (C=O) groups is 2. The lowest BCUT2D eigenvalue weighted by Gasteiger charge is -2.46. The van der Waals surface area contributed by atoms with Gasteiger partial charge in [0.05, 0.1) is 27.9 Å². The van der Waals surface area contributed by atoms with Gasteiger partial charge in [-0.15, -0.1) is 0 Å². The second-order valence-electron chi connectivity index (χ2n) is 13.8. The summed E-state index contributed by atoms with van der Waals surface area (Å²) in [6.45, 7) is 15.3. The number of halogens is 1. The maximum absolute atomic E-state index is 13.8. The van der Waals surface area contributed by atoms with Crippen LogP contribution in [0.2, 0.25) is 5.02 Å². The van der Waals surface area contributed by atoms with Crippen LogP contribution in [-0.2, 0) is 26.3 Å². The number of aryl methyl sites for hydroxylation is 1. The molecule has 2 aliphatic carbocycles. The van der Waals surface area contributed by atoms with Crippen molar-refractivity contribution in [2.75, 3.05) is 24.6 Å². The molecule has 2 amide bonds. The number of allylic oxidation sites excluding steroid dienone is 1. The summed E-state index contributed by atoms with van der Waals surface area (Å²) in [4.78, 5) is 32.5. The molecule has 0 aromatic heterocycles. The van der Waals surface area contributed by atoms with Crippen molar-refractivity contribution in [2.45, 2.75) is 75.6 Å². The highest BCUT2D eigenvalue weighted by molar-refractivity contribution is 7.99. The van der Waals surface area contributed by atoms with Gasteiger partial charge in [0.2, 0.25) is 5.91 Å². The molecule has 2 N–H and O–H groups in total. The first-order chi connectivity index (χ1) is 21.9. The van der Waals surface area contributed by atoms with E-state index in [1.54, 1.807) is 6.07 Å². The minimum atomic E-state index is -3.02. The molecule has 0 radical (unpaired) electrons. The van der Waals surface area contributed by atoms with E-state index in [4.69, 9.17) is 22.9 Å². The van der Waals surface area contributed by atoms with Crippen molar-refractivity contribution in [2.24, 2.45) is 17.8 Å². The first-order valence-corrected chi connectivity index (χ1v) is 18.4. The van der Waals surface area contributed by atoms with Crippen LogP contribution in [0.3, 0.4) is 0 Å². The number of rotatable bonds is 1. The Morgan fingerprint density at radius 2 is 2.04 bits per heavy atom. The molecule has 46 heavy (non-hydrogen) atoms. The van der Waals surface area contributed by atoms with E-state index in [1.165, 1.54) is 18.1 Å². The highest BCUT2D eigenvalue weighted by Crippen LogP contribution is 2.48. The minimum Gasteiger partial charge on any atom is -0.490 e. The third-order valence-electron chi connectivity index (χ3n) is 10.8. The molecule has 2 aromatic carbocycles. The Hall–Kier alpha value is -3.48. The van der Waals surface area contributed by atoms with Gasteiger partial charge in [-0.2, -0.15) is 0 Å². The van der Waals surface area contributed by atoms with Crippen LogP contribution >= 0.6 is 11.6 Å². The molecule has 1 spiro atoms. The van der Waals surface area contributed by atoms with E-state index in [0.29, 0.717) is 37.4 Å². The van der Waals surface area contributed by atoms with Gasteiger partial charge < -0.3 is 9.64 Å². The van der Waals surface area contributed by atoms with Crippen LogP contribution in [0, 0.1) is 24.3 Å². The Bertz CT molecular complexity index is 1740. The molecule has 1 unspecified atom stereocenters. The number of hydrogen-bond acceptors (Lipinski definition) is 5. The predicted molar refractivity (Wildman–Crippen MR) is 185 cm³/mol. The lowest BCUT2D eigenvalue weighted by Crippen LogP contribution is -2.57.